The molecule has 0 atom stereocenters. The highest BCUT2D eigenvalue weighted by atomic mass is 35.5. The summed E-state index contributed by atoms with van der Waals surface area (Å²) in [7, 11) is 1.54. The summed E-state index contributed by atoms with van der Waals surface area (Å²) in [5, 5.41) is 15.8. The van der Waals surface area contributed by atoms with Crippen molar-refractivity contribution in [3.63, 3.8) is 0 Å². The second kappa shape index (κ2) is 9.71. The van der Waals surface area contributed by atoms with Crippen LogP contribution in [-0.4, -0.2) is 38.0 Å². The molecule has 0 aliphatic rings. The minimum atomic E-state index is -0.291. The van der Waals surface area contributed by atoms with Crippen molar-refractivity contribution in [1.82, 2.24) is 25.0 Å². The van der Waals surface area contributed by atoms with Gasteiger partial charge in [0, 0.05) is 5.56 Å². The smallest absolute Gasteiger partial charge is 0.237 e. The standard InChI is InChI=1S/C20H18ClN7O3S/c1-30-15-9-5-4-8-14(15)23-17(29)10-16-24-18(31-27-16)11-32-20-26-25-19(28(20)22)12-6-2-3-7-13(12)21/h2-9H,10-11,22H2,1H3,(H,23,29). The van der Waals surface area contributed by atoms with Gasteiger partial charge in [-0.1, -0.05) is 52.8 Å². The molecule has 2 aromatic carbocycles. The molecule has 0 spiro atoms. The largest absolute Gasteiger partial charge is 0.495 e. The van der Waals surface area contributed by atoms with Crippen LogP contribution < -0.4 is 15.9 Å². The Kier molecular flexibility index (Phi) is 6.57. The molecule has 0 fully saturated rings. The lowest BCUT2D eigenvalue weighted by molar-refractivity contribution is -0.115. The molecule has 0 unspecified atom stereocenters. The maximum Gasteiger partial charge on any atom is 0.237 e. The van der Waals surface area contributed by atoms with Crippen LogP contribution >= 0.6 is 23.4 Å². The van der Waals surface area contributed by atoms with Crippen LogP contribution in [0.3, 0.4) is 0 Å². The third-order valence-electron chi connectivity index (χ3n) is 4.31. The molecule has 0 aliphatic carbocycles. The quantitative estimate of drug-likeness (QED) is 0.293. The van der Waals surface area contributed by atoms with E-state index in [1.807, 2.05) is 24.3 Å². The number of para-hydroxylation sites is 2. The maximum absolute atomic E-state index is 12.3. The second-order valence-electron chi connectivity index (χ2n) is 6.47. The number of carbonyl (C=O) groups excluding carboxylic acids is 1. The Morgan fingerprint density at radius 3 is 2.81 bits per heavy atom. The van der Waals surface area contributed by atoms with Crippen LogP contribution in [0.25, 0.3) is 11.4 Å². The maximum atomic E-state index is 12.3. The zero-order valence-electron chi connectivity index (χ0n) is 16.9. The van der Waals surface area contributed by atoms with E-state index in [0.29, 0.717) is 44.6 Å². The average molecular weight is 472 g/mol. The lowest BCUT2D eigenvalue weighted by Gasteiger charge is -2.08. The summed E-state index contributed by atoms with van der Waals surface area (Å²) < 4.78 is 11.8. The highest BCUT2D eigenvalue weighted by molar-refractivity contribution is 7.98. The van der Waals surface area contributed by atoms with E-state index in [4.69, 9.17) is 26.7 Å². The van der Waals surface area contributed by atoms with E-state index >= 15 is 0 Å². The van der Waals surface area contributed by atoms with Gasteiger partial charge in [0.1, 0.15) is 5.75 Å². The number of amides is 1. The number of nitrogens with one attached hydrogen (secondary N) is 1. The summed E-state index contributed by atoms with van der Waals surface area (Å²) in [5.74, 6) is 7.73. The van der Waals surface area contributed by atoms with Gasteiger partial charge in [-0.25, -0.2) is 4.68 Å². The molecule has 0 saturated heterocycles. The molecule has 4 rings (SSSR count). The lowest BCUT2D eigenvalue weighted by Crippen LogP contribution is -2.15. The topological polar surface area (TPSA) is 134 Å². The number of anilines is 1. The molecule has 4 aromatic rings. The second-order valence-corrected chi connectivity index (χ2v) is 7.82. The fraction of sp³-hybridized carbons (Fsp3) is 0.150. The number of methoxy groups -OCH3 is 1. The van der Waals surface area contributed by atoms with Gasteiger partial charge in [0.2, 0.25) is 17.0 Å². The van der Waals surface area contributed by atoms with Crippen LogP contribution in [0.1, 0.15) is 11.7 Å². The van der Waals surface area contributed by atoms with Gasteiger partial charge >= 0.3 is 0 Å². The van der Waals surface area contributed by atoms with Crippen molar-refractivity contribution in [3.05, 3.63) is 65.3 Å². The number of nitrogen functional groups attached to an aromatic ring is 1. The van der Waals surface area contributed by atoms with Crippen LogP contribution in [0.15, 0.2) is 58.2 Å². The van der Waals surface area contributed by atoms with Gasteiger partial charge in [0.05, 0.1) is 30.0 Å². The highest BCUT2D eigenvalue weighted by Gasteiger charge is 2.17. The summed E-state index contributed by atoms with van der Waals surface area (Å²) in [6.45, 7) is 0. The Bertz CT molecular complexity index is 1240. The van der Waals surface area contributed by atoms with E-state index < -0.39 is 0 Å². The minimum absolute atomic E-state index is 0.0457. The van der Waals surface area contributed by atoms with E-state index in [9.17, 15) is 4.79 Å². The van der Waals surface area contributed by atoms with Crippen molar-refractivity contribution >= 4 is 35.0 Å². The van der Waals surface area contributed by atoms with Gasteiger partial charge in [0.25, 0.3) is 0 Å². The van der Waals surface area contributed by atoms with Gasteiger partial charge in [-0.3, -0.25) is 4.79 Å². The highest BCUT2D eigenvalue weighted by Crippen LogP contribution is 2.28. The molecule has 2 heterocycles. The molecular weight excluding hydrogens is 454 g/mol. The number of benzene rings is 2. The number of hydrogen-bond acceptors (Lipinski definition) is 9. The van der Waals surface area contributed by atoms with Crippen LogP contribution in [0.4, 0.5) is 5.69 Å². The first-order chi connectivity index (χ1) is 15.5. The van der Waals surface area contributed by atoms with Crippen molar-refractivity contribution in [2.45, 2.75) is 17.3 Å². The van der Waals surface area contributed by atoms with Crippen LogP contribution in [-0.2, 0) is 17.0 Å². The number of ether oxygens (including phenoxy) is 1. The zero-order chi connectivity index (χ0) is 22.5. The normalized spacial score (nSPS) is 10.8. The van der Waals surface area contributed by atoms with E-state index in [-0.39, 0.29) is 18.2 Å². The van der Waals surface area contributed by atoms with Crippen molar-refractivity contribution in [1.29, 1.82) is 0 Å². The van der Waals surface area contributed by atoms with Crippen LogP contribution in [0.2, 0.25) is 5.02 Å². The molecule has 0 aliphatic heterocycles. The minimum Gasteiger partial charge on any atom is -0.495 e. The molecule has 0 radical (unpaired) electrons. The number of nitrogens with zero attached hydrogens (tertiary/aromatic N) is 5. The molecule has 3 N–H and O–H groups in total. The number of rotatable bonds is 8. The number of halogens is 1. The van der Waals surface area contributed by atoms with Crippen molar-refractivity contribution < 1.29 is 14.1 Å². The summed E-state index contributed by atoms with van der Waals surface area (Å²) in [6.07, 6.45) is -0.0457. The Morgan fingerprint density at radius 1 is 1.22 bits per heavy atom. The Morgan fingerprint density at radius 2 is 2.00 bits per heavy atom. The third kappa shape index (κ3) is 4.84. The van der Waals surface area contributed by atoms with Gasteiger partial charge in [0.15, 0.2) is 11.6 Å². The zero-order valence-corrected chi connectivity index (χ0v) is 18.4. The van der Waals surface area contributed by atoms with Crippen molar-refractivity contribution in [2.75, 3.05) is 18.3 Å². The van der Waals surface area contributed by atoms with Gasteiger partial charge in [-0.2, -0.15) is 4.98 Å². The molecule has 0 bridgehead atoms. The number of thioether (sulfide) groups is 1. The van der Waals surface area contributed by atoms with Crippen molar-refractivity contribution in [3.8, 4) is 17.1 Å². The molecule has 32 heavy (non-hydrogen) atoms. The average Bonchev–Trinajstić information content (AvgIpc) is 3.39. The van der Waals surface area contributed by atoms with Gasteiger partial charge in [-0.15, -0.1) is 10.2 Å². The van der Waals surface area contributed by atoms with Crippen molar-refractivity contribution in [2.24, 2.45) is 0 Å². The van der Waals surface area contributed by atoms with E-state index in [2.05, 4.69) is 25.7 Å². The molecule has 164 valence electrons. The number of nitrogens with two attached hydrogens (primary N) is 1. The van der Waals surface area contributed by atoms with E-state index in [1.165, 1.54) is 23.5 Å². The molecule has 2 aromatic heterocycles. The summed E-state index contributed by atoms with van der Waals surface area (Å²) in [5.41, 5.74) is 1.24. The monoisotopic (exact) mass is 471 g/mol. The van der Waals surface area contributed by atoms with Gasteiger partial charge in [-0.05, 0) is 24.3 Å². The lowest BCUT2D eigenvalue weighted by atomic mass is 10.2. The predicted molar refractivity (Wildman–Crippen MR) is 120 cm³/mol. The van der Waals surface area contributed by atoms with Gasteiger partial charge < -0.3 is 20.4 Å². The fourth-order valence-electron chi connectivity index (χ4n) is 2.83. The predicted octanol–water partition coefficient (Wildman–Crippen LogP) is 3.18. The van der Waals surface area contributed by atoms with E-state index in [0.717, 1.165) is 0 Å². The Balaban J connectivity index is 1.36. The fourth-order valence-corrected chi connectivity index (χ4v) is 3.75. The first-order valence-electron chi connectivity index (χ1n) is 9.37. The third-order valence-corrected chi connectivity index (χ3v) is 5.57. The molecule has 0 saturated carbocycles. The molecular formula is C20H18ClN7O3S. The van der Waals surface area contributed by atoms with Crippen LogP contribution in [0, 0.1) is 0 Å². The van der Waals surface area contributed by atoms with Crippen LogP contribution in [0.5, 0.6) is 5.75 Å². The van der Waals surface area contributed by atoms with E-state index in [1.54, 1.807) is 24.3 Å². The summed E-state index contributed by atoms with van der Waals surface area (Å²) in [4.78, 5) is 16.6. The summed E-state index contributed by atoms with van der Waals surface area (Å²) in [6, 6.07) is 14.3. The SMILES string of the molecule is COc1ccccc1NC(=O)Cc1noc(CSc2nnc(-c3ccccc3Cl)n2N)n1. The number of carbonyl (C=O) groups is 1. The first kappa shape index (κ1) is 21.7. The summed E-state index contributed by atoms with van der Waals surface area (Å²) >= 11 is 7.48. The number of aromatic nitrogens is 5. The molecule has 1 amide bonds. The Labute approximate surface area is 192 Å². The number of hydrogen-bond donors (Lipinski definition) is 2. The molecule has 10 nitrogen and oxygen atoms in total. The first-order valence-corrected chi connectivity index (χ1v) is 10.7. The Hall–Kier alpha value is -3.57. The molecule has 12 heteroatoms.